The normalized spacial score (nSPS) is 18.2. The predicted octanol–water partition coefficient (Wildman–Crippen LogP) is 5.19. The average molecular weight is 510 g/mol. The second kappa shape index (κ2) is 9.85. The standard InChI is InChI=1S/C28H36ClN5O2/c1-8-26(36)34-14-16(2)18(15-34)11-24(35)27-17(3)30-25(33(27)7)10-9-22-19-12-20(28(4,5)6)21(29)13-23(19)32-31-22/h8,12-13,16,18H,1,9-11,14-15H2,2-7H3,(H,31,32)/t16-,18+/m1/s1. The topological polar surface area (TPSA) is 83.9 Å². The van der Waals surface area contributed by atoms with E-state index in [-0.39, 0.29) is 28.9 Å². The molecule has 8 heteroatoms. The maximum Gasteiger partial charge on any atom is 0.245 e. The number of halogens is 1. The highest BCUT2D eigenvalue weighted by atomic mass is 35.5. The second-order valence-electron chi connectivity index (χ2n) is 11.1. The molecule has 1 aliphatic heterocycles. The quantitative estimate of drug-likeness (QED) is 0.350. The van der Waals surface area contributed by atoms with Gasteiger partial charge in [0.1, 0.15) is 11.5 Å². The van der Waals surface area contributed by atoms with E-state index in [1.807, 2.05) is 24.6 Å². The summed E-state index contributed by atoms with van der Waals surface area (Å²) in [5.74, 6) is 1.28. The van der Waals surface area contributed by atoms with Gasteiger partial charge in [0.15, 0.2) is 5.78 Å². The Morgan fingerprint density at radius 2 is 1.97 bits per heavy atom. The fraction of sp³-hybridized carbons (Fsp3) is 0.500. The van der Waals surface area contributed by atoms with Crippen LogP contribution in [-0.2, 0) is 30.1 Å². The highest BCUT2D eigenvalue weighted by Crippen LogP contribution is 2.34. The zero-order valence-corrected chi connectivity index (χ0v) is 22.9. The van der Waals surface area contributed by atoms with Crippen LogP contribution < -0.4 is 0 Å². The molecule has 192 valence electrons. The lowest BCUT2D eigenvalue weighted by molar-refractivity contribution is -0.125. The van der Waals surface area contributed by atoms with Crippen molar-refractivity contribution < 1.29 is 9.59 Å². The summed E-state index contributed by atoms with van der Waals surface area (Å²) in [5.41, 5.74) is 4.31. The number of amides is 1. The number of aromatic nitrogens is 4. The van der Waals surface area contributed by atoms with Crippen molar-refractivity contribution in [3.63, 3.8) is 0 Å². The van der Waals surface area contributed by atoms with Crippen LogP contribution in [0.25, 0.3) is 10.9 Å². The molecule has 1 aliphatic rings. The van der Waals surface area contributed by atoms with Crippen molar-refractivity contribution >= 4 is 34.2 Å². The van der Waals surface area contributed by atoms with Crippen LogP contribution in [0.2, 0.25) is 5.02 Å². The number of nitrogens with zero attached hydrogens (tertiary/aromatic N) is 4. The number of imidazole rings is 1. The number of ketones is 1. The molecule has 4 rings (SSSR count). The van der Waals surface area contributed by atoms with Crippen molar-refractivity contribution in [2.24, 2.45) is 18.9 Å². The molecule has 1 aromatic carbocycles. The molecule has 7 nitrogen and oxygen atoms in total. The van der Waals surface area contributed by atoms with Crippen molar-refractivity contribution in [1.82, 2.24) is 24.6 Å². The number of nitrogens with one attached hydrogen (secondary N) is 1. The Morgan fingerprint density at radius 3 is 2.64 bits per heavy atom. The van der Waals surface area contributed by atoms with Gasteiger partial charge in [0.25, 0.3) is 0 Å². The number of aryl methyl sites for hydroxylation is 3. The van der Waals surface area contributed by atoms with Gasteiger partial charge < -0.3 is 9.47 Å². The number of carbonyl (C=O) groups excluding carboxylic acids is 2. The van der Waals surface area contributed by atoms with Crippen LogP contribution in [-0.4, -0.2) is 49.4 Å². The summed E-state index contributed by atoms with van der Waals surface area (Å²) in [6.07, 6.45) is 3.15. The first-order valence-corrected chi connectivity index (χ1v) is 12.9. The predicted molar refractivity (Wildman–Crippen MR) is 144 cm³/mol. The number of rotatable bonds is 7. The molecule has 1 amide bonds. The molecule has 2 aromatic heterocycles. The SMILES string of the molecule is C=CC(=O)N1C[C@H](CC(=O)c2c(C)nc(CCc3[nH]nc4cc(Cl)c(C(C)(C)C)cc34)n2C)[C@H](C)C1. The third kappa shape index (κ3) is 4.99. The van der Waals surface area contributed by atoms with Crippen LogP contribution >= 0.6 is 11.6 Å². The van der Waals surface area contributed by atoms with Crippen LogP contribution in [0.15, 0.2) is 24.8 Å². The molecule has 1 fully saturated rings. The largest absolute Gasteiger partial charge is 0.339 e. The molecule has 2 atom stereocenters. The first-order chi connectivity index (χ1) is 16.9. The highest BCUT2D eigenvalue weighted by Gasteiger charge is 2.34. The van der Waals surface area contributed by atoms with E-state index in [0.717, 1.165) is 45.1 Å². The molecule has 1 N–H and O–H groups in total. The van der Waals surface area contributed by atoms with E-state index in [4.69, 9.17) is 16.6 Å². The summed E-state index contributed by atoms with van der Waals surface area (Å²) in [7, 11) is 1.91. The van der Waals surface area contributed by atoms with E-state index in [1.165, 1.54) is 6.08 Å². The Bertz CT molecular complexity index is 1330. The van der Waals surface area contributed by atoms with Gasteiger partial charge in [-0.3, -0.25) is 14.7 Å². The molecule has 3 heterocycles. The maximum absolute atomic E-state index is 13.3. The Kier molecular flexibility index (Phi) is 7.15. The minimum Gasteiger partial charge on any atom is -0.339 e. The lowest BCUT2D eigenvalue weighted by atomic mass is 9.86. The monoisotopic (exact) mass is 509 g/mol. The highest BCUT2D eigenvalue weighted by molar-refractivity contribution is 6.32. The van der Waals surface area contributed by atoms with Crippen LogP contribution in [0, 0.1) is 18.8 Å². The number of hydrogen-bond donors (Lipinski definition) is 1. The molecule has 3 aromatic rings. The summed E-state index contributed by atoms with van der Waals surface area (Å²) >= 11 is 6.52. The van der Waals surface area contributed by atoms with Gasteiger partial charge in [-0.2, -0.15) is 5.10 Å². The van der Waals surface area contributed by atoms with Gasteiger partial charge in [-0.15, -0.1) is 0 Å². The fourth-order valence-electron chi connectivity index (χ4n) is 5.34. The zero-order chi connectivity index (χ0) is 26.4. The number of aromatic amines is 1. The summed E-state index contributed by atoms with van der Waals surface area (Å²) in [6.45, 7) is 15.3. The van der Waals surface area contributed by atoms with E-state index in [1.54, 1.807) is 4.90 Å². The molecular weight excluding hydrogens is 474 g/mol. The lowest BCUT2D eigenvalue weighted by Gasteiger charge is -2.20. The van der Waals surface area contributed by atoms with Crippen molar-refractivity contribution in [3.05, 3.63) is 58.3 Å². The van der Waals surface area contributed by atoms with Crippen molar-refractivity contribution in [2.45, 2.75) is 59.3 Å². The average Bonchev–Trinajstić information content (AvgIpc) is 3.45. The first kappa shape index (κ1) is 26.1. The summed E-state index contributed by atoms with van der Waals surface area (Å²) in [6, 6.07) is 4.06. The molecular formula is C28H36ClN5O2. The van der Waals surface area contributed by atoms with E-state index in [9.17, 15) is 9.59 Å². The van der Waals surface area contributed by atoms with Gasteiger partial charge >= 0.3 is 0 Å². The number of H-pyrrole nitrogens is 1. The lowest BCUT2D eigenvalue weighted by Crippen LogP contribution is -2.27. The van der Waals surface area contributed by atoms with Gasteiger partial charge in [0.05, 0.1) is 11.2 Å². The minimum atomic E-state index is -0.0708. The van der Waals surface area contributed by atoms with E-state index >= 15 is 0 Å². The minimum absolute atomic E-state index is 0.0704. The number of benzene rings is 1. The number of Topliss-reactive ketones (excluding diaryl/α,β-unsaturated/α-hetero) is 1. The number of hydrogen-bond acceptors (Lipinski definition) is 4. The molecule has 36 heavy (non-hydrogen) atoms. The van der Waals surface area contributed by atoms with Crippen LogP contribution in [0.5, 0.6) is 0 Å². The molecule has 1 saturated heterocycles. The zero-order valence-electron chi connectivity index (χ0n) is 22.1. The Morgan fingerprint density at radius 1 is 1.25 bits per heavy atom. The van der Waals surface area contributed by atoms with Gasteiger partial charge in [0, 0.05) is 49.1 Å². The van der Waals surface area contributed by atoms with E-state index in [0.29, 0.717) is 31.6 Å². The third-order valence-corrected chi connectivity index (χ3v) is 7.77. The van der Waals surface area contributed by atoms with E-state index in [2.05, 4.69) is 50.5 Å². The second-order valence-corrected chi connectivity index (χ2v) is 11.5. The maximum atomic E-state index is 13.3. The van der Waals surface area contributed by atoms with Gasteiger partial charge in [-0.1, -0.05) is 45.9 Å². The van der Waals surface area contributed by atoms with Gasteiger partial charge in [-0.05, 0) is 54.4 Å². The number of likely N-dealkylation sites (tertiary alicyclic amines) is 1. The third-order valence-electron chi connectivity index (χ3n) is 7.46. The van der Waals surface area contributed by atoms with Crippen LogP contribution in [0.1, 0.15) is 67.4 Å². The van der Waals surface area contributed by atoms with E-state index < -0.39 is 0 Å². The Labute approximate surface area is 217 Å². The van der Waals surface area contributed by atoms with Gasteiger partial charge in [-0.25, -0.2) is 4.98 Å². The number of carbonyl (C=O) groups is 2. The summed E-state index contributed by atoms with van der Waals surface area (Å²) in [5, 5.41) is 9.42. The molecule has 0 bridgehead atoms. The fourth-order valence-corrected chi connectivity index (χ4v) is 5.78. The molecule has 0 radical (unpaired) electrons. The smallest absolute Gasteiger partial charge is 0.245 e. The summed E-state index contributed by atoms with van der Waals surface area (Å²) in [4.78, 5) is 31.8. The van der Waals surface area contributed by atoms with Crippen LogP contribution in [0.4, 0.5) is 0 Å². The van der Waals surface area contributed by atoms with Crippen LogP contribution in [0.3, 0.4) is 0 Å². The van der Waals surface area contributed by atoms with Crippen molar-refractivity contribution in [1.29, 1.82) is 0 Å². The molecule has 0 spiro atoms. The van der Waals surface area contributed by atoms with Crippen molar-refractivity contribution in [2.75, 3.05) is 13.1 Å². The molecule has 0 aliphatic carbocycles. The Balaban J connectivity index is 1.50. The van der Waals surface area contributed by atoms with Crippen molar-refractivity contribution in [3.8, 4) is 0 Å². The number of fused-ring (bicyclic) bond motifs is 1. The Hall–Kier alpha value is -2.93. The van der Waals surface area contributed by atoms with Gasteiger partial charge in [0.2, 0.25) is 5.91 Å². The first-order valence-electron chi connectivity index (χ1n) is 12.5. The molecule has 0 saturated carbocycles. The summed E-state index contributed by atoms with van der Waals surface area (Å²) < 4.78 is 1.93. The molecule has 0 unspecified atom stereocenters.